The molecule has 4 nitrogen and oxygen atoms in total. The van der Waals surface area contributed by atoms with Crippen LogP contribution in [0.25, 0.3) is 10.9 Å². The van der Waals surface area contributed by atoms with E-state index in [4.69, 9.17) is 16.9 Å². The van der Waals surface area contributed by atoms with Crippen molar-refractivity contribution in [1.29, 1.82) is 5.26 Å². The molecule has 0 unspecified atom stereocenters. The van der Waals surface area contributed by atoms with E-state index in [0.717, 1.165) is 55.7 Å². The van der Waals surface area contributed by atoms with Crippen LogP contribution in [0.4, 0.5) is 0 Å². The quantitative estimate of drug-likeness (QED) is 0.620. The first-order valence-corrected chi connectivity index (χ1v) is 9.98. The van der Waals surface area contributed by atoms with Crippen LogP contribution in [-0.2, 0) is 13.1 Å². The summed E-state index contributed by atoms with van der Waals surface area (Å²) in [5, 5.41) is 10.7. The average molecular weight is 391 g/mol. The highest BCUT2D eigenvalue weighted by Gasteiger charge is 2.18. The smallest absolute Gasteiger partial charge is 0.134 e. The van der Waals surface area contributed by atoms with Crippen molar-refractivity contribution in [3.63, 3.8) is 0 Å². The van der Waals surface area contributed by atoms with Crippen LogP contribution in [0.1, 0.15) is 22.3 Å². The van der Waals surface area contributed by atoms with E-state index in [0.29, 0.717) is 10.7 Å². The summed E-state index contributed by atoms with van der Waals surface area (Å²) in [4.78, 5) is 9.49. The maximum absolute atomic E-state index is 8.91. The predicted molar refractivity (Wildman–Crippen MR) is 113 cm³/mol. The summed E-state index contributed by atoms with van der Waals surface area (Å²) in [5.41, 5.74) is 5.22. The number of nitriles is 1. The molecule has 0 N–H and O–H groups in total. The summed E-state index contributed by atoms with van der Waals surface area (Å²) in [5.74, 6) is 0. The Hall–Kier alpha value is -2.45. The normalized spacial score (nSPS) is 15.6. The third kappa shape index (κ3) is 4.34. The standard InChI is InChI=1S/C23H23ClN4/c1-17-2-7-20-13-21(23(24)26-22(20)12-17)16-28-10-8-27(9-11-28)15-19-5-3-18(14-25)4-6-19/h2-7,12-13H,8-11,15-16H2,1H3. The number of nitrogens with zero attached hydrogens (tertiary/aromatic N) is 4. The van der Waals surface area contributed by atoms with Crippen molar-refractivity contribution in [2.45, 2.75) is 20.0 Å². The summed E-state index contributed by atoms with van der Waals surface area (Å²) in [7, 11) is 0. The zero-order valence-corrected chi connectivity index (χ0v) is 16.8. The maximum Gasteiger partial charge on any atom is 0.134 e. The minimum absolute atomic E-state index is 0.609. The topological polar surface area (TPSA) is 43.2 Å². The summed E-state index contributed by atoms with van der Waals surface area (Å²) in [6.45, 7) is 7.91. The van der Waals surface area contributed by atoms with Gasteiger partial charge < -0.3 is 0 Å². The molecule has 1 aromatic heterocycles. The maximum atomic E-state index is 8.91. The molecule has 2 heterocycles. The minimum Gasteiger partial charge on any atom is -0.297 e. The highest BCUT2D eigenvalue weighted by atomic mass is 35.5. The molecule has 0 spiro atoms. The van der Waals surface area contributed by atoms with Gasteiger partial charge in [-0.3, -0.25) is 9.80 Å². The van der Waals surface area contributed by atoms with E-state index in [1.807, 2.05) is 24.3 Å². The van der Waals surface area contributed by atoms with Gasteiger partial charge in [-0.15, -0.1) is 0 Å². The number of aromatic nitrogens is 1. The summed E-state index contributed by atoms with van der Waals surface area (Å²) >= 11 is 6.46. The third-order valence-electron chi connectivity index (χ3n) is 5.35. The number of aryl methyl sites for hydroxylation is 1. The van der Waals surface area contributed by atoms with Gasteiger partial charge in [-0.1, -0.05) is 35.9 Å². The molecular weight excluding hydrogens is 368 g/mol. The summed E-state index contributed by atoms with van der Waals surface area (Å²) < 4.78 is 0. The Kier molecular flexibility index (Phi) is 5.59. The summed E-state index contributed by atoms with van der Waals surface area (Å²) in [6, 6.07) is 18.5. The Labute approximate surface area is 171 Å². The van der Waals surface area contributed by atoms with Crippen LogP contribution in [0.2, 0.25) is 5.15 Å². The van der Waals surface area contributed by atoms with E-state index in [1.54, 1.807) is 0 Å². The van der Waals surface area contributed by atoms with Crippen molar-refractivity contribution < 1.29 is 0 Å². The molecule has 0 amide bonds. The average Bonchev–Trinajstić information content (AvgIpc) is 2.71. The van der Waals surface area contributed by atoms with Crippen LogP contribution in [0.3, 0.4) is 0 Å². The Morgan fingerprint density at radius 2 is 1.64 bits per heavy atom. The van der Waals surface area contributed by atoms with Crippen LogP contribution in [0, 0.1) is 18.3 Å². The fraction of sp³-hybridized carbons (Fsp3) is 0.304. The molecule has 5 heteroatoms. The zero-order chi connectivity index (χ0) is 19.5. The lowest BCUT2D eigenvalue weighted by Gasteiger charge is -2.34. The molecular formula is C23H23ClN4. The molecule has 4 rings (SSSR count). The molecule has 1 fully saturated rings. The highest BCUT2D eigenvalue weighted by molar-refractivity contribution is 6.30. The van der Waals surface area contributed by atoms with Gasteiger partial charge in [-0.2, -0.15) is 5.26 Å². The number of hydrogen-bond acceptors (Lipinski definition) is 4. The van der Waals surface area contributed by atoms with Crippen LogP contribution in [-0.4, -0.2) is 41.0 Å². The summed E-state index contributed by atoms with van der Waals surface area (Å²) in [6.07, 6.45) is 0. The van der Waals surface area contributed by atoms with Crippen LogP contribution in [0.15, 0.2) is 48.5 Å². The van der Waals surface area contributed by atoms with E-state index in [9.17, 15) is 0 Å². The fourth-order valence-electron chi connectivity index (χ4n) is 3.70. The van der Waals surface area contributed by atoms with Crippen molar-refractivity contribution in [3.8, 4) is 6.07 Å². The molecule has 0 bridgehead atoms. The lowest BCUT2D eigenvalue weighted by atomic mass is 10.1. The lowest BCUT2D eigenvalue weighted by Crippen LogP contribution is -2.45. The molecule has 2 aromatic carbocycles. The van der Waals surface area contributed by atoms with E-state index < -0.39 is 0 Å². The number of hydrogen-bond donors (Lipinski definition) is 0. The third-order valence-corrected chi connectivity index (χ3v) is 5.67. The lowest BCUT2D eigenvalue weighted by molar-refractivity contribution is 0.122. The second kappa shape index (κ2) is 8.28. The van der Waals surface area contributed by atoms with E-state index in [1.165, 1.54) is 11.1 Å². The fourth-order valence-corrected chi connectivity index (χ4v) is 3.90. The number of fused-ring (bicyclic) bond motifs is 1. The molecule has 3 aromatic rings. The SMILES string of the molecule is Cc1ccc2cc(CN3CCN(Cc4ccc(C#N)cc4)CC3)c(Cl)nc2c1. The number of benzene rings is 2. The first-order chi connectivity index (χ1) is 13.6. The Morgan fingerprint density at radius 3 is 2.32 bits per heavy atom. The van der Waals surface area contributed by atoms with Crippen molar-refractivity contribution in [1.82, 2.24) is 14.8 Å². The van der Waals surface area contributed by atoms with Crippen LogP contribution < -0.4 is 0 Å². The van der Waals surface area contributed by atoms with Crippen molar-refractivity contribution in [2.24, 2.45) is 0 Å². The van der Waals surface area contributed by atoms with Gasteiger partial charge in [0.25, 0.3) is 0 Å². The van der Waals surface area contributed by atoms with Gasteiger partial charge in [0.1, 0.15) is 5.15 Å². The van der Waals surface area contributed by atoms with Crippen molar-refractivity contribution >= 4 is 22.5 Å². The number of pyridine rings is 1. The zero-order valence-electron chi connectivity index (χ0n) is 16.0. The van der Waals surface area contributed by atoms with Crippen LogP contribution in [0.5, 0.6) is 0 Å². The molecule has 28 heavy (non-hydrogen) atoms. The van der Waals surface area contributed by atoms with Gasteiger partial charge >= 0.3 is 0 Å². The van der Waals surface area contributed by atoms with E-state index in [-0.39, 0.29) is 0 Å². The predicted octanol–water partition coefficient (Wildman–Crippen LogP) is 4.39. The first-order valence-electron chi connectivity index (χ1n) is 9.60. The Bertz CT molecular complexity index is 1020. The highest BCUT2D eigenvalue weighted by Crippen LogP contribution is 2.23. The van der Waals surface area contributed by atoms with Gasteiger partial charge in [0, 0.05) is 50.2 Å². The number of piperazine rings is 1. The molecule has 0 atom stereocenters. The Balaban J connectivity index is 1.36. The first kappa shape index (κ1) is 18.9. The second-order valence-corrected chi connectivity index (χ2v) is 7.85. The van der Waals surface area contributed by atoms with Gasteiger partial charge in [-0.25, -0.2) is 4.98 Å². The van der Waals surface area contributed by atoms with E-state index >= 15 is 0 Å². The van der Waals surface area contributed by atoms with Gasteiger partial charge in [-0.05, 0) is 42.3 Å². The molecule has 1 aliphatic rings. The number of halogens is 1. The minimum atomic E-state index is 0.609. The monoisotopic (exact) mass is 390 g/mol. The molecule has 1 aliphatic heterocycles. The molecule has 0 radical (unpaired) electrons. The molecule has 0 aliphatic carbocycles. The van der Waals surface area contributed by atoms with Crippen LogP contribution >= 0.6 is 11.6 Å². The second-order valence-electron chi connectivity index (χ2n) is 7.50. The molecule has 1 saturated heterocycles. The van der Waals surface area contributed by atoms with Gasteiger partial charge in [0.2, 0.25) is 0 Å². The molecule has 0 saturated carbocycles. The Morgan fingerprint density at radius 1 is 0.964 bits per heavy atom. The van der Waals surface area contributed by atoms with E-state index in [2.05, 4.69) is 52.0 Å². The van der Waals surface area contributed by atoms with Crippen molar-refractivity contribution in [2.75, 3.05) is 26.2 Å². The largest absolute Gasteiger partial charge is 0.297 e. The van der Waals surface area contributed by atoms with Crippen molar-refractivity contribution in [3.05, 3.63) is 75.9 Å². The van der Waals surface area contributed by atoms with Gasteiger partial charge in [0.05, 0.1) is 17.1 Å². The molecule has 142 valence electrons. The van der Waals surface area contributed by atoms with Gasteiger partial charge in [0.15, 0.2) is 0 Å². The number of rotatable bonds is 4.